The second-order valence-corrected chi connectivity index (χ2v) is 26.5. The Morgan fingerprint density at radius 3 is 1.74 bits per heavy atom. The minimum absolute atomic E-state index is 0.000634. The zero-order chi connectivity index (χ0) is 73.9. The predicted octanol–water partition coefficient (Wildman–Crippen LogP) is -6.84. The van der Waals surface area contributed by atoms with Crippen LogP contribution in [0, 0.1) is 0 Å². The number of halogens is 1. The molecule has 0 radical (unpaired) electrons. The number of aromatic amines is 1. The van der Waals surface area contributed by atoms with Gasteiger partial charge in [0.15, 0.2) is 23.8 Å². The summed E-state index contributed by atoms with van der Waals surface area (Å²) >= 11 is 6.19. The van der Waals surface area contributed by atoms with E-state index in [1.165, 1.54) is 36.8 Å². The minimum atomic E-state index is -1.97. The molecule has 2 heterocycles. The Morgan fingerprint density at radius 1 is 0.650 bits per heavy atom. The van der Waals surface area contributed by atoms with Crippen LogP contribution in [0.15, 0.2) is 56.8 Å². The Labute approximate surface area is 587 Å². The van der Waals surface area contributed by atoms with Crippen LogP contribution in [0.25, 0.3) is 0 Å². The second-order valence-electron chi connectivity index (χ2n) is 23.4. The molecule has 1 fully saturated rings. The fraction of sp³-hybridized carbons (Fsp3) is 0.569. The maximum absolute atomic E-state index is 14.8. The van der Waals surface area contributed by atoms with Crippen molar-refractivity contribution in [3.8, 4) is 0 Å². The van der Waals surface area contributed by atoms with Crippen LogP contribution in [0.3, 0.4) is 0 Å². The van der Waals surface area contributed by atoms with E-state index in [0.717, 1.165) is 28.0 Å². The van der Waals surface area contributed by atoms with E-state index in [9.17, 15) is 67.7 Å². The quantitative estimate of drug-likeness (QED) is 0.0239. The topological polar surface area (TPSA) is 678 Å². The lowest BCUT2D eigenvalue weighted by atomic mass is 9.83. The predicted molar refractivity (Wildman–Crippen MR) is 372 cm³/mol. The highest BCUT2D eigenvalue weighted by Crippen LogP contribution is 2.48. The molecule has 0 unspecified atom stereocenters. The first kappa shape index (κ1) is 82.7. The molecule has 1 aromatic heterocycles. The first-order valence-electron chi connectivity index (χ1n) is 31.9. The van der Waals surface area contributed by atoms with Gasteiger partial charge in [0.05, 0.1) is 36.6 Å². The number of carboxylic acid groups (broad SMARTS) is 2. The van der Waals surface area contributed by atoms with Gasteiger partial charge in [-0.2, -0.15) is 0 Å². The van der Waals surface area contributed by atoms with Crippen molar-refractivity contribution in [2.24, 2.45) is 71.6 Å². The molecule has 10 amide bonds. The number of guanidine groups is 4. The average molecular weight is 1460 g/mol. The monoisotopic (exact) mass is 1460 g/mol. The number of nitrogens with zero attached hydrogens (tertiary/aromatic N) is 5. The van der Waals surface area contributed by atoms with Crippen LogP contribution in [0.1, 0.15) is 101 Å². The Kier molecular flexibility index (Phi) is 35.5. The number of benzene rings is 1. The number of nitrogens with two attached hydrogens (primary N) is 9. The SMILES string of the molecule is NC(N)=NCCC[C@H](NC(=O)[C@@H]1CSSC2(CCCCC2)[C@@H](N)C(=O)NC(N)=NCCC[C@H](N)C(=O)NCC(=O)N[C@H](Cc2cnc[nH]2)C(=O)N[C@@H](CCCN=C(N)N)C(=O)NCC(=O)N[C@@H](CC(=O)O)C(=O)N[C@@H](Cc2ccc(Cl)cc2)C(=O)N[C@@H](CCCN=C(N)N)C(=O)N1)C(=O)O. The molecule has 2 aromatic rings. The molecule has 4 rings (SSSR count). The molecule has 1 aromatic carbocycles. The van der Waals surface area contributed by atoms with Crippen LogP contribution in [0.5, 0.6) is 0 Å². The molecule has 100 heavy (non-hydrogen) atoms. The van der Waals surface area contributed by atoms with E-state index in [1.54, 1.807) is 0 Å². The molecule has 39 nitrogen and oxygen atoms in total. The van der Waals surface area contributed by atoms with E-state index >= 15 is 0 Å². The summed E-state index contributed by atoms with van der Waals surface area (Å²) in [5.74, 6) is -14.3. The first-order valence-corrected chi connectivity index (χ1v) is 34.6. The van der Waals surface area contributed by atoms with Crippen molar-refractivity contribution in [1.29, 1.82) is 0 Å². The number of nitrogens with one attached hydrogen (secondary N) is 11. The molecule has 1 saturated carbocycles. The van der Waals surface area contributed by atoms with Crippen LogP contribution in [0.4, 0.5) is 0 Å². The molecule has 2 aliphatic rings. The summed E-state index contributed by atoms with van der Waals surface area (Å²) in [5.41, 5.74) is 52.9. The summed E-state index contributed by atoms with van der Waals surface area (Å²) < 4.78 is -1.03. The molecule has 31 N–H and O–H groups in total. The van der Waals surface area contributed by atoms with Crippen molar-refractivity contribution in [1.82, 2.24) is 63.1 Å². The highest BCUT2D eigenvalue weighted by atomic mass is 35.5. The van der Waals surface area contributed by atoms with Crippen molar-refractivity contribution in [2.45, 2.75) is 162 Å². The molecular formula is C58H92ClN25O14S2. The summed E-state index contributed by atoms with van der Waals surface area (Å²) in [4.78, 5) is 189. The van der Waals surface area contributed by atoms with Crippen LogP contribution < -0.4 is 105 Å². The first-order chi connectivity index (χ1) is 47.4. The van der Waals surface area contributed by atoms with Gasteiger partial charge in [-0.15, -0.1) is 0 Å². The van der Waals surface area contributed by atoms with E-state index < -0.39 is 150 Å². The van der Waals surface area contributed by atoms with Crippen molar-refractivity contribution < 1.29 is 67.7 Å². The van der Waals surface area contributed by atoms with E-state index in [2.05, 4.69) is 83.1 Å². The lowest BCUT2D eigenvalue weighted by Crippen LogP contribution is -2.60. The van der Waals surface area contributed by atoms with Crippen LogP contribution >= 0.6 is 33.2 Å². The highest BCUT2D eigenvalue weighted by molar-refractivity contribution is 8.77. The maximum Gasteiger partial charge on any atom is 0.326 e. The largest absolute Gasteiger partial charge is 0.481 e. The number of rotatable bonds is 21. The van der Waals surface area contributed by atoms with E-state index in [1.807, 2.05) is 0 Å². The van der Waals surface area contributed by atoms with E-state index in [4.69, 9.17) is 63.2 Å². The summed E-state index contributed by atoms with van der Waals surface area (Å²) in [6, 6.07) is -7.84. The van der Waals surface area contributed by atoms with Crippen molar-refractivity contribution in [3.05, 3.63) is 53.1 Å². The maximum atomic E-state index is 14.8. The molecule has 42 heteroatoms. The van der Waals surface area contributed by atoms with Gasteiger partial charge in [0.1, 0.15) is 48.3 Å². The van der Waals surface area contributed by atoms with Gasteiger partial charge >= 0.3 is 11.9 Å². The fourth-order valence-electron chi connectivity index (χ4n) is 10.1. The Bertz CT molecular complexity index is 3240. The minimum Gasteiger partial charge on any atom is -0.481 e. The van der Waals surface area contributed by atoms with Gasteiger partial charge in [0, 0.05) is 61.7 Å². The number of hydrogen-bond acceptors (Lipinski definition) is 22. The van der Waals surface area contributed by atoms with E-state index in [0.29, 0.717) is 36.9 Å². The molecular weight excluding hydrogens is 1370 g/mol. The normalized spacial score (nSPS) is 23.0. The lowest BCUT2D eigenvalue weighted by Gasteiger charge is -2.40. The smallest absolute Gasteiger partial charge is 0.326 e. The summed E-state index contributed by atoms with van der Waals surface area (Å²) in [5, 5.41) is 45.3. The molecule has 1 aliphatic heterocycles. The highest BCUT2D eigenvalue weighted by Gasteiger charge is 2.44. The van der Waals surface area contributed by atoms with Gasteiger partial charge in [-0.05, 0) is 81.9 Å². The van der Waals surface area contributed by atoms with Gasteiger partial charge < -0.3 is 115 Å². The van der Waals surface area contributed by atoms with Crippen molar-refractivity contribution >= 4 is 128 Å². The van der Waals surface area contributed by atoms with Crippen LogP contribution in [-0.4, -0.2) is 219 Å². The number of hydrogen-bond donors (Lipinski definition) is 22. The molecule has 1 spiro atoms. The van der Waals surface area contributed by atoms with Crippen molar-refractivity contribution in [2.75, 3.05) is 45.0 Å². The molecule has 0 saturated heterocycles. The Morgan fingerprint density at radius 2 is 1.18 bits per heavy atom. The number of imidazole rings is 1. The van der Waals surface area contributed by atoms with Gasteiger partial charge in [0.25, 0.3) is 0 Å². The number of aliphatic imine (C=N–C) groups is 4. The Balaban J connectivity index is 1.80. The van der Waals surface area contributed by atoms with Crippen molar-refractivity contribution in [3.63, 3.8) is 0 Å². The zero-order valence-corrected chi connectivity index (χ0v) is 57.2. The van der Waals surface area contributed by atoms with Gasteiger partial charge in [-0.25, -0.2) is 9.78 Å². The molecule has 0 bridgehead atoms. The summed E-state index contributed by atoms with van der Waals surface area (Å²) in [6.07, 6.45) is 3.52. The number of carbonyl (C=O) groups excluding carboxylic acids is 10. The third-order valence-electron chi connectivity index (χ3n) is 15.4. The number of H-pyrrole nitrogens is 1. The molecule has 9 atom stereocenters. The zero-order valence-electron chi connectivity index (χ0n) is 54.8. The third-order valence-corrected chi connectivity index (χ3v) is 19.0. The number of carboxylic acids is 2. The Hall–Kier alpha value is -9.74. The molecule has 552 valence electrons. The number of aromatic nitrogens is 2. The lowest BCUT2D eigenvalue weighted by molar-refractivity contribution is -0.142. The number of aliphatic carboxylic acids is 2. The third kappa shape index (κ3) is 30.6. The van der Waals surface area contributed by atoms with Gasteiger partial charge in [0.2, 0.25) is 59.1 Å². The van der Waals surface area contributed by atoms with Gasteiger partial charge in [-0.1, -0.05) is 64.6 Å². The summed E-state index contributed by atoms with van der Waals surface area (Å²) in [6.45, 7) is -1.78. The molecule has 1 aliphatic carbocycles. The van der Waals surface area contributed by atoms with Crippen LogP contribution in [0.2, 0.25) is 5.02 Å². The van der Waals surface area contributed by atoms with E-state index in [-0.39, 0.29) is 125 Å². The standard InChI is InChI=1S/C58H92ClN25O14S2/c59-31-14-12-30(13-15-31)22-37-48(92)80-35(10-6-19-71-55(64)65)47(91)83-40(51(95)81-36(53(97)98)11-7-20-72-56(66)67)28-99-100-58(16-2-1-3-17-58)44(61)52(96)84-57(68)73-21-4-8-33(60)45(89)74-26-41(85)77-38(23-32-25-69-29-76-32)49(93)79-34(9-5-18-70-54(62)63)46(90)75-27-42(86)78-39(24-43(87)88)50(94)82-37/h12-15,25,29,33-40,44H,1-11,16-24,26-28,60-61H2,(H,69,76)(H,74,89)(H,75,90)(H,77,85)(H,78,86)(H,79,93)(H,80,92)(H,81,95)(H,82,94)(H,83,91)(H,87,88)(H,97,98)(H4,62,63,70)(H4,64,65,71)(H4,66,67,72)(H3,68,73,84,96)/t33-,34-,35-,36-,37-,38+,39-,40-,44-/m0/s1. The second kappa shape index (κ2) is 42.9. The number of carbonyl (C=O) groups is 12. The average Bonchev–Trinajstić information content (AvgIpc) is 0.887. The number of amides is 10. The van der Waals surface area contributed by atoms with Crippen LogP contribution in [-0.2, 0) is 70.4 Å². The fourth-order valence-corrected chi connectivity index (χ4v) is 13.7. The van der Waals surface area contributed by atoms with Gasteiger partial charge in [-0.3, -0.25) is 78.0 Å². The summed E-state index contributed by atoms with van der Waals surface area (Å²) in [7, 11) is 2.18.